The molecule has 0 fully saturated rings. The summed E-state index contributed by atoms with van der Waals surface area (Å²) in [5.41, 5.74) is 5.19. The SMILES string of the molecule is NNC(CC1=CCCCC1)c1cc2cc(Cl)ccc2o1. The highest BCUT2D eigenvalue weighted by molar-refractivity contribution is 6.31. The molecule has 1 aliphatic rings. The van der Waals surface area contributed by atoms with Crippen LogP contribution in [0.3, 0.4) is 0 Å². The third-order valence-electron chi connectivity index (χ3n) is 3.89. The van der Waals surface area contributed by atoms with E-state index in [4.69, 9.17) is 21.9 Å². The molecule has 3 N–H and O–H groups in total. The highest BCUT2D eigenvalue weighted by Gasteiger charge is 2.17. The van der Waals surface area contributed by atoms with Gasteiger partial charge in [0, 0.05) is 10.4 Å². The van der Waals surface area contributed by atoms with Crippen LogP contribution in [0.2, 0.25) is 5.02 Å². The van der Waals surface area contributed by atoms with Gasteiger partial charge in [0.05, 0.1) is 6.04 Å². The normalized spacial score (nSPS) is 17.2. The van der Waals surface area contributed by atoms with Crippen LogP contribution in [-0.2, 0) is 0 Å². The minimum atomic E-state index is 0.0190. The van der Waals surface area contributed by atoms with Crippen LogP contribution in [0.4, 0.5) is 0 Å². The smallest absolute Gasteiger partial charge is 0.134 e. The van der Waals surface area contributed by atoms with Crippen molar-refractivity contribution in [2.75, 3.05) is 0 Å². The van der Waals surface area contributed by atoms with Crippen LogP contribution in [0.15, 0.2) is 40.3 Å². The number of benzene rings is 1. The molecule has 1 aromatic carbocycles. The largest absolute Gasteiger partial charge is 0.459 e. The van der Waals surface area contributed by atoms with Crippen molar-refractivity contribution >= 4 is 22.6 Å². The van der Waals surface area contributed by atoms with Crippen LogP contribution < -0.4 is 11.3 Å². The third-order valence-corrected chi connectivity index (χ3v) is 4.13. The fourth-order valence-corrected chi connectivity index (χ4v) is 2.98. The Hall–Kier alpha value is -1.29. The summed E-state index contributed by atoms with van der Waals surface area (Å²) in [6, 6.07) is 7.69. The van der Waals surface area contributed by atoms with Gasteiger partial charge in [-0.2, -0.15) is 0 Å². The number of nitrogens with one attached hydrogen (secondary N) is 1. The molecule has 0 saturated carbocycles. The van der Waals surface area contributed by atoms with Gasteiger partial charge in [0.1, 0.15) is 11.3 Å². The molecule has 0 aliphatic heterocycles. The summed E-state index contributed by atoms with van der Waals surface area (Å²) >= 11 is 6.01. The summed E-state index contributed by atoms with van der Waals surface area (Å²) in [5.74, 6) is 6.58. The van der Waals surface area contributed by atoms with E-state index in [1.54, 1.807) is 0 Å². The van der Waals surface area contributed by atoms with Crippen molar-refractivity contribution in [3.63, 3.8) is 0 Å². The van der Waals surface area contributed by atoms with E-state index < -0.39 is 0 Å². The molecule has 1 aliphatic carbocycles. The van der Waals surface area contributed by atoms with Gasteiger partial charge in [0.15, 0.2) is 0 Å². The summed E-state index contributed by atoms with van der Waals surface area (Å²) < 4.78 is 5.89. The van der Waals surface area contributed by atoms with Gasteiger partial charge in [-0.15, -0.1) is 0 Å². The molecule has 0 saturated heterocycles. The molecule has 3 rings (SSSR count). The van der Waals surface area contributed by atoms with Crippen LogP contribution in [-0.4, -0.2) is 0 Å². The molecule has 1 atom stereocenters. The standard InChI is InChI=1S/C16H19ClN2O/c17-13-6-7-15-12(9-13)10-16(20-15)14(19-18)8-11-4-2-1-3-5-11/h4,6-7,9-10,14,19H,1-3,5,8,18H2. The van der Waals surface area contributed by atoms with E-state index in [2.05, 4.69) is 11.5 Å². The fourth-order valence-electron chi connectivity index (χ4n) is 2.80. The zero-order chi connectivity index (χ0) is 13.9. The number of halogens is 1. The van der Waals surface area contributed by atoms with Crippen LogP contribution in [0.5, 0.6) is 0 Å². The van der Waals surface area contributed by atoms with Crippen molar-refractivity contribution in [2.24, 2.45) is 5.84 Å². The predicted molar refractivity (Wildman–Crippen MR) is 82.5 cm³/mol. The highest BCUT2D eigenvalue weighted by Crippen LogP contribution is 2.31. The zero-order valence-electron chi connectivity index (χ0n) is 11.4. The van der Waals surface area contributed by atoms with E-state index in [0.29, 0.717) is 0 Å². The van der Waals surface area contributed by atoms with E-state index >= 15 is 0 Å². The second-order valence-electron chi connectivity index (χ2n) is 5.36. The highest BCUT2D eigenvalue weighted by atomic mass is 35.5. The first-order valence-corrected chi connectivity index (χ1v) is 7.47. The Balaban J connectivity index is 1.84. The van der Waals surface area contributed by atoms with Gasteiger partial charge in [-0.1, -0.05) is 23.3 Å². The van der Waals surface area contributed by atoms with Gasteiger partial charge >= 0.3 is 0 Å². The van der Waals surface area contributed by atoms with Crippen molar-refractivity contribution in [3.8, 4) is 0 Å². The van der Waals surface area contributed by atoms with Gasteiger partial charge < -0.3 is 4.42 Å². The Bertz CT molecular complexity index is 632. The lowest BCUT2D eigenvalue weighted by Crippen LogP contribution is -2.28. The van der Waals surface area contributed by atoms with Gasteiger partial charge in [-0.25, -0.2) is 5.43 Å². The van der Waals surface area contributed by atoms with Crippen LogP contribution in [0.25, 0.3) is 11.0 Å². The number of allylic oxidation sites excluding steroid dienone is 1. The predicted octanol–water partition coefficient (Wildman–Crippen LogP) is 4.48. The topological polar surface area (TPSA) is 51.2 Å². The lowest BCUT2D eigenvalue weighted by Gasteiger charge is -2.18. The Labute approximate surface area is 123 Å². The fraction of sp³-hybridized carbons (Fsp3) is 0.375. The molecule has 0 bridgehead atoms. The second kappa shape index (κ2) is 6.00. The van der Waals surface area contributed by atoms with Crippen LogP contribution in [0.1, 0.15) is 43.9 Å². The Morgan fingerprint density at radius 3 is 2.95 bits per heavy atom. The Morgan fingerprint density at radius 1 is 1.30 bits per heavy atom. The quantitative estimate of drug-likeness (QED) is 0.496. The minimum absolute atomic E-state index is 0.0190. The van der Waals surface area contributed by atoms with E-state index in [9.17, 15) is 0 Å². The number of furan rings is 1. The van der Waals surface area contributed by atoms with Crippen molar-refractivity contribution in [2.45, 2.75) is 38.1 Å². The molecule has 0 spiro atoms. The second-order valence-corrected chi connectivity index (χ2v) is 5.80. The first kappa shape index (κ1) is 13.7. The monoisotopic (exact) mass is 290 g/mol. The molecule has 1 unspecified atom stereocenters. The summed E-state index contributed by atoms with van der Waals surface area (Å²) in [4.78, 5) is 0. The van der Waals surface area contributed by atoms with E-state index in [1.165, 1.54) is 31.3 Å². The zero-order valence-corrected chi connectivity index (χ0v) is 12.1. The first-order chi connectivity index (χ1) is 9.76. The van der Waals surface area contributed by atoms with E-state index in [-0.39, 0.29) is 6.04 Å². The van der Waals surface area contributed by atoms with E-state index in [0.717, 1.165) is 28.2 Å². The molecule has 4 heteroatoms. The number of nitrogens with two attached hydrogens (primary N) is 1. The molecule has 20 heavy (non-hydrogen) atoms. The third kappa shape index (κ3) is 2.90. The number of fused-ring (bicyclic) bond motifs is 1. The molecule has 1 heterocycles. The number of hydrazine groups is 1. The maximum absolute atomic E-state index is 6.01. The van der Waals surface area contributed by atoms with Crippen molar-refractivity contribution < 1.29 is 4.42 Å². The van der Waals surface area contributed by atoms with Crippen molar-refractivity contribution in [1.82, 2.24) is 5.43 Å². The number of hydrogen-bond donors (Lipinski definition) is 2. The summed E-state index contributed by atoms with van der Waals surface area (Å²) in [7, 11) is 0. The van der Waals surface area contributed by atoms with Crippen molar-refractivity contribution in [1.29, 1.82) is 0 Å². The Kier molecular flexibility index (Phi) is 4.10. The average molecular weight is 291 g/mol. The Morgan fingerprint density at radius 2 is 2.20 bits per heavy atom. The van der Waals surface area contributed by atoms with Gasteiger partial charge in [0.25, 0.3) is 0 Å². The molecule has 3 nitrogen and oxygen atoms in total. The lowest BCUT2D eigenvalue weighted by atomic mass is 9.94. The van der Waals surface area contributed by atoms with E-state index in [1.807, 2.05) is 24.3 Å². The van der Waals surface area contributed by atoms with Gasteiger partial charge in [-0.05, 0) is 56.4 Å². The molecule has 1 aromatic heterocycles. The molecule has 2 aromatic rings. The molecule has 0 radical (unpaired) electrons. The van der Waals surface area contributed by atoms with Crippen LogP contribution in [0, 0.1) is 0 Å². The summed E-state index contributed by atoms with van der Waals surface area (Å²) in [6.45, 7) is 0. The molecule has 0 amide bonds. The van der Waals surface area contributed by atoms with Crippen LogP contribution >= 0.6 is 11.6 Å². The molecular formula is C16H19ClN2O. The molecular weight excluding hydrogens is 272 g/mol. The van der Waals surface area contributed by atoms with Gasteiger partial charge in [0.2, 0.25) is 0 Å². The average Bonchev–Trinajstić information content (AvgIpc) is 2.88. The summed E-state index contributed by atoms with van der Waals surface area (Å²) in [6.07, 6.45) is 8.18. The van der Waals surface area contributed by atoms with Crippen molar-refractivity contribution in [3.05, 3.63) is 46.7 Å². The van der Waals surface area contributed by atoms with Gasteiger partial charge in [-0.3, -0.25) is 5.84 Å². The number of rotatable bonds is 4. The maximum Gasteiger partial charge on any atom is 0.134 e. The molecule has 106 valence electrons. The maximum atomic E-state index is 6.01. The first-order valence-electron chi connectivity index (χ1n) is 7.09. The number of hydrogen-bond acceptors (Lipinski definition) is 3. The minimum Gasteiger partial charge on any atom is -0.459 e. The summed E-state index contributed by atoms with van der Waals surface area (Å²) in [5, 5.41) is 1.74. The lowest BCUT2D eigenvalue weighted by molar-refractivity contribution is 0.427.